The molecule has 0 saturated carbocycles. The van der Waals surface area contributed by atoms with Crippen LogP contribution in [0.4, 0.5) is 0 Å². The monoisotopic (exact) mass is 321 g/mol. The summed E-state index contributed by atoms with van der Waals surface area (Å²) in [5.41, 5.74) is 5.41. The van der Waals surface area contributed by atoms with E-state index in [0.29, 0.717) is 0 Å². The van der Waals surface area contributed by atoms with Crippen molar-refractivity contribution in [2.75, 3.05) is 32.7 Å². The van der Waals surface area contributed by atoms with Crippen LogP contribution in [0.1, 0.15) is 29.0 Å². The van der Waals surface area contributed by atoms with E-state index < -0.39 is 0 Å². The van der Waals surface area contributed by atoms with E-state index >= 15 is 0 Å². The Morgan fingerprint density at radius 2 is 1.95 bits per heavy atom. The highest BCUT2D eigenvalue weighted by Gasteiger charge is 2.28. The Labute approximate surface area is 137 Å². The van der Waals surface area contributed by atoms with Gasteiger partial charge >= 0.3 is 0 Å². The Bertz CT molecular complexity index is 508. The number of carbonyl (C=O) groups is 1. The fraction of sp³-hybridized carbons (Fsp3) is 0.706. The van der Waals surface area contributed by atoms with Crippen LogP contribution in [0.3, 0.4) is 0 Å². The van der Waals surface area contributed by atoms with E-state index in [1.807, 2.05) is 11.3 Å². The number of nitrogens with zero attached hydrogens (tertiary/aromatic N) is 2. The molecule has 122 valence electrons. The average Bonchev–Trinajstić information content (AvgIpc) is 3.09. The first-order valence-electron chi connectivity index (χ1n) is 8.39. The van der Waals surface area contributed by atoms with Gasteiger partial charge in [-0.05, 0) is 63.9 Å². The van der Waals surface area contributed by atoms with E-state index in [-0.39, 0.29) is 11.8 Å². The minimum atomic E-state index is -0.113. The van der Waals surface area contributed by atoms with Crippen LogP contribution in [0.2, 0.25) is 0 Å². The van der Waals surface area contributed by atoms with Gasteiger partial charge < -0.3 is 10.6 Å². The van der Waals surface area contributed by atoms with E-state index in [0.717, 1.165) is 38.4 Å². The fourth-order valence-electron chi connectivity index (χ4n) is 3.76. The first-order valence-corrected chi connectivity index (χ1v) is 9.21. The molecule has 1 aromatic rings. The average molecular weight is 321 g/mol. The zero-order valence-electron chi connectivity index (χ0n) is 13.5. The van der Waals surface area contributed by atoms with Gasteiger partial charge in [-0.2, -0.15) is 0 Å². The van der Waals surface area contributed by atoms with Crippen molar-refractivity contribution in [3.05, 3.63) is 21.9 Å². The predicted octanol–water partition coefficient (Wildman–Crippen LogP) is 2.08. The van der Waals surface area contributed by atoms with Crippen LogP contribution < -0.4 is 5.73 Å². The normalized spacial score (nSPS) is 24.9. The lowest BCUT2D eigenvalue weighted by atomic mass is 9.95. The van der Waals surface area contributed by atoms with Crippen LogP contribution in [-0.4, -0.2) is 48.4 Å². The third kappa shape index (κ3) is 4.09. The van der Waals surface area contributed by atoms with Crippen LogP contribution >= 0.6 is 11.3 Å². The maximum atomic E-state index is 11.2. The van der Waals surface area contributed by atoms with Crippen LogP contribution in [0.25, 0.3) is 0 Å². The number of piperidine rings is 1. The van der Waals surface area contributed by atoms with Gasteiger partial charge in [0.2, 0.25) is 5.91 Å². The Morgan fingerprint density at radius 3 is 2.59 bits per heavy atom. The van der Waals surface area contributed by atoms with Gasteiger partial charge in [0.15, 0.2) is 0 Å². The molecule has 0 aromatic carbocycles. The van der Waals surface area contributed by atoms with Crippen LogP contribution in [0.5, 0.6) is 0 Å². The maximum absolute atomic E-state index is 11.2. The quantitative estimate of drug-likeness (QED) is 0.903. The number of hydrogen-bond acceptors (Lipinski definition) is 4. The minimum Gasteiger partial charge on any atom is -0.369 e. The number of likely N-dealkylation sites (tertiary alicyclic amines) is 2. The number of amides is 1. The van der Waals surface area contributed by atoms with E-state index in [1.54, 1.807) is 0 Å². The highest BCUT2D eigenvalue weighted by Crippen LogP contribution is 2.24. The molecule has 22 heavy (non-hydrogen) atoms. The Balaban J connectivity index is 1.41. The number of aryl methyl sites for hydroxylation is 1. The third-order valence-electron chi connectivity index (χ3n) is 5.05. The summed E-state index contributed by atoms with van der Waals surface area (Å²) in [7, 11) is 0. The lowest BCUT2D eigenvalue weighted by Crippen LogP contribution is -2.41. The number of primary amides is 1. The summed E-state index contributed by atoms with van der Waals surface area (Å²) in [6, 6.07) is 4.48. The molecule has 0 bridgehead atoms. The number of carbonyl (C=O) groups excluding carboxylic acids is 1. The molecule has 2 aliphatic rings. The highest BCUT2D eigenvalue weighted by atomic mass is 32.1. The van der Waals surface area contributed by atoms with Gasteiger partial charge in [-0.25, -0.2) is 0 Å². The highest BCUT2D eigenvalue weighted by molar-refractivity contribution is 7.11. The van der Waals surface area contributed by atoms with E-state index in [9.17, 15) is 4.79 Å². The topological polar surface area (TPSA) is 49.6 Å². The molecule has 1 atom stereocenters. The zero-order chi connectivity index (χ0) is 15.5. The number of hydrogen-bond donors (Lipinski definition) is 1. The van der Waals surface area contributed by atoms with Crippen molar-refractivity contribution in [2.24, 2.45) is 17.6 Å². The lowest BCUT2D eigenvalue weighted by Gasteiger charge is -2.32. The summed E-state index contributed by atoms with van der Waals surface area (Å²) < 4.78 is 0. The van der Waals surface area contributed by atoms with Gasteiger partial charge in [-0.15, -0.1) is 11.3 Å². The summed E-state index contributed by atoms with van der Waals surface area (Å²) in [5, 5.41) is 0. The fourth-order valence-corrected chi connectivity index (χ4v) is 4.69. The standard InChI is InChI=1S/C17H27N3OS/c1-13-2-3-16(22-13)12-20-7-4-14(11-20)10-19-8-5-15(6-9-19)17(18)21/h2-3,14-15H,4-12H2,1H3,(H2,18,21). The second-order valence-corrected chi connectivity index (χ2v) is 8.25. The predicted molar refractivity (Wildman–Crippen MR) is 90.8 cm³/mol. The first kappa shape index (κ1) is 16.0. The van der Waals surface area contributed by atoms with Crippen molar-refractivity contribution in [3.8, 4) is 0 Å². The number of rotatable bonds is 5. The van der Waals surface area contributed by atoms with E-state index in [4.69, 9.17) is 5.73 Å². The summed E-state index contributed by atoms with van der Waals surface area (Å²) in [5.74, 6) is 0.780. The van der Waals surface area contributed by atoms with Crippen molar-refractivity contribution < 1.29 is 4.79 Å². The molecule has 2 saturated heterocycles. The Kier molecular flexibility index (Phi) is 5.16. The van der Waals surface area contributed by atoms with Crippen molar-refractivity contribution in [3.63, 3.8) is 0 Å². The Morgan fingerprint density at radius 1 is 1.23 bits per heavy atom. The van der Waals surface area contributed by atoms with Gasteiger partial charge in [0.05, 0.1) is 0 Å². The molecule has 1 unspecified atom stereocenters. The van der Waals surface area contributed by atoms with Gasteiger partial charge in [0.1, 0.15) is 0 Å². The molecule has 1 aromatic heterocycles. The van der Waals surface area contributed by atoms with Gasteiger partial charge in [0.25, 0.3) is 0 Å². The largest absolute Gasteiger partial charge is 0.369 e. The molecule has 4 nitrogen and oxygen atoms in total. The van der Waals surface area contributed by atoms with Crippen molar-refractivity contribution in [2.45, 2.75) is 32.7 Å². The summed E-state index contributed by atoms with van der Waals surface area (Å²) >= 11 is 1.92. The molecule has 0 aliphatic carbocycles. The molecular formula is C17H27N3OS. The summed E-state index contributed by atoms with van der Waals surface area (Å²) in [6.45, 7) is 8.98. The van der Waals surface area contributed by atoms with Crippen LogP contribution in [0, 0.1) is 18.8 Å². The molecule has 2 aliphatic heterocycles. The van der Waals surface area contributed by atoms with Gasteiger partial charge in [-0.3, -0.25) is 9.69 Å². The van der Waals surface area contributed by atoms with Gasteiger partial charge in [-0.1, -0.05) is 0 Å². The molecular weight excluding hydrogens is 294 g/mol. The molecule has 3 rings (SSSR count). The summed E-state index contributed by atoms with van der Waals surface area (Å²) in [6.07, 6.45) is 3.20. The molecule has 2 fully saturated rings. The van der Waals surface area contributed by atoms with E-state index in [1.165, 1.54) is 35.8 Å². The van der Waals surface area contributed by atoms with Gasteiger partial charge in [0, 0.05) is 35.3 Å². The molecule has 0 spiro atoms. The van der Waals surface area contributed by atoms with Crippen molar-refractivity contribution in [1.82, 2.24) is 9.80 Å². The smallest absolute Gasteiger partial charge is 0.220 e. The summed E-state index contributed by atoms with van der Waals surface area (Å²) in [4.78, 5) is 19.2. The minimum absolute atomic E-state index is 0.110. The second-order valence-electron chi connectivity index (χ2n) is 6.88. The van der Waals surface area contributed by atoms with E-state index in [2.05, 4.69) is 28.9 Å². The SMILES string of the molecule is Cc1ccc(CN2CCC(CN3CCC(C(N)=O)CC3)C2)s1. The molecule has 2 N–H and O–H groups in total. The second kappa shape index (κ2) is 7.11. The lowest BCUT2D eigenvalue weighted by molar-refractivity contribution is -0.123. The van der Waals surface area contributed by atoms with Crippen LogP contribution in [-0.2, 0) is 11.3 Å². The maximum Gasteiger partial charge on any atom is 0.220 e. The number of nitrogens with two attached hydrogens (primary N) is 1. The Hall–Kier alpha value is -0.910. The van der Waals surface area contributed by atoms with Crippen LogP contribution in [0.15, 0.2) is 12.1 Å². The first-order chi connectivity index (χ1) is 10.6. The molecule has 1 amide bonds. The number of thiophene rings is 1. The third-order valence-corrected chi connectivity index (χ3v) is 6.04. The zero-order valence-corrected chi connectivity index (χ0v) is 14.3. The van der Waals surface area contributed by atoms with Crippen molar-refractivity contribution in [1.29, 1.82) is 0 Å². The molecule has 3 heterocycles. The molecule has 0 radical (unpaired) electrons. The molecule has 5 heteroatoms. The van der Waals surface area contributed by atoms with Crippen molar-refractivity contribution >= 4 is 17.2 Å².